The van der Waals surface area contributed by atoms with Gasteiger partial charge in [-0.05, 0) is 13.6 Å². The molecule has 4 rings (SSSR count). The van der Waals surface area contributed by atoms with E-state index in [4.69, 9.17) is 14.7 Å². The molecule has 2 bridgehead atoms. The van der Waals surface area contributed by atoms with Crippen molar-refractivity contribution in [2.24, 2.45) is 0 Å². The molecule has 3 heterocycles. The van der Waals surface area contributed by atoms with Gasteiger partial charge in [0.2, 0.25) is 0 Å². The molecule has 6 N–H and O–H groups in total. The van der Waals surface area contributed by atoms with E-state index in [1.807, 2.05) is 21.8 Å². The number of benzene rings is 1. The summed E-state index contributed by atoms with van der Waals surface area (Å²) >= 11 is 0. The number of rotatable bonds is 12. The van der Waals surface area contributed by atoms with Crippen LogP contribution in [0.2, 0.25) is 27.3 Å². The predicted octanol–water partition coefficient (Wildman–Crippen LogP) is -1.06. The Hall–Kier alpha value is -2.03. The van der Waals surface area contributed by atoms with E-state index in [0.717, 1.165) is 59.3 Å². The van der Waals surface area contributed by atoms with Crippen molar-refractivity contribution >= 4 is 41.4 Å². The molecule has 0 saturated carbocycles. The fourth-order valence-corrected chi connectivity index (χ4v) is 7.18. The summed E-state index contributed by atoms with van der Waals surface area (Å²) in [5, 5.41) is 53.6. The molecule has 21 heteroatoms. The summed E-state index contributed by atoms with van der Waals surface area (Å²) in [4.78, 5) is 27.3. The van der Waals surface area contributed by atoms with Gasteiger partial charge in [0.15, 0.2) is 0 Å². The van der Waals surface area contributed by atoms with E-state index in [0.29, 0.717) is 96.5 Å². The Bertz CT molecular complexity index is 1180. The molecule has 1 aromatic carbocycles. The van der Waals surface area contributed by atoms with Crippen molar-refractivity contribution in [1.29, 1.82) is 5.31 Å². The molecule has 1 atom stereocenters. The molecule has 16 nitrogen and oxygen atoms in total. The van der Waals surface area contributed by atoms with Crippen LogP contribution < -0.4 is 10.1 Å². The summed E-state index contributed by atoms with van der Waals surface area (Å²) in [5.41, 5.74) is 0.585. The SMILES string of the molecule is CNC(=O)c1ccc(OCCCN2CCC(OB=N)CCN3CCN(B(C)O)CCN(B(C)O)CCN(CC2)CCN(B(C)O)CCN(B(C)O)CC3)cc1. The fraction of sp³-hybridized carbons (Fsp3) is 0.794. The van der Waals surface area contributed by atoms with Crippen molar-refractivity contribution < 1.29 is 34.3 Å². The fourth-order valence-electron chi connectivity index (χ4n) is 7.18. The van der Waals surface area contributed by atoms with Crippen molar-refractivity contribution in [1.82, 2.24) is 39.3 Å². The number of hydrogen-bond acceptors (Lipinski definition) is 15. The molecule has 1 unspecified atom stereocenters. The second-order valence-corrected chi connectivity index (χ2v) is 15.0. The van der Waals surface area contributed by atoms with E-state index < -0.39 is 28.2 Å². The van der Waals surface area contributed by atoms with Gasteiger partial charge in [-0.25, -0.2) is 0 Å². The van der Waals surface area contributed by atoms with Crippen LogP contribution in [0.5, 0.6) is 5.75 Å². The van der Waals surface area contributed by atoms with Crippen LogP contribution in [0.1, 0.15) is 29.6 Å². The monoisotopic (exact) mass is 770 g/mol. The molecule has 3 aliphatic heterocycles. The Morgan fingerprint density at radius 3 is 1.55 bits per heavy atom. The van der Waals surface area contributed by atoms with Gasteiger partial charge in [-0.2, -0.15) is 0 Å². The van der Waals surface area contributed by atoms with Crippen molar-refractivity contribution in [3.8, 4) is 5.75 Å². The molecule has 55 heavy (non-hydrogen) atoms. The van der Waals surface area contributed by atoms with E-state index in [1.165, 1.54) is 0 Å². The molecule has 1 aromatic rings. The molecular weight excluding hydrogens is 700 g/mol. The molecule has 3 aliphatic rings. The predicted molar refractivity (Wildman–Crippen MR) is 223 cm³/mol. The first-order valence-electron chi connectivity index (χ1n) is 20.3. The number of carbonyl (C=O) groups is 1. The minimum atomic E-state index is -0.647. The molecule has 0 radical (unpaired) electrons. The molecule has 0 aliphatic carbocycles. The number of hydrogen-bond donors (Lipinski definition) is 6. The zero-order valence-electron chi connectivity index (χ0n) is 34.3. The third kappa shape index (κ3) is 18.0. The van der Waals surface area contributed by atoms with Crippen LogP contribution in [0.4, 0.5) is 0 Å². The van der Waals surface area contributed by atoms with Gasteiger partial charge in [0.05, 0.1) is 0 Å². The van der Waals surface area contributed by atoms with Crippen LogP contribution in [0.25, 0.3) is 0 Å². The van der Waals surface area contributed by atoms with Crippen molar-refractivity contribution in [2.45, 2.75) is 52.7 Å². The second-order valence-electron chi connectivity index (χ2n) is 15.0. The summed E-state index contributed by atoms with van der Waals surface area (Å²) in [5.74, 6) is 0.581. The van der Waals surface area contributed by atoms with Gasteiger partial charge in [-0.1, -0.05) is 0 Å². The molecular formula is C34H68B5N9O7. The summed E-state index contributed by atoms with van der Waals surface area (Å²) in [6.07, 6.45) is 2.12. The zero-order chi connectivity index (χ0) is 40.2. The molecule has 306 valence electrons. The molecule has 3 fully saturated rings. The van der Waals surface area contributed by atoms with Gasteiger partial charge in [-0.3, -0.25) is 4.79 Å². The second kappa shape index (κ2) is 26.1. The van der Waals surface area contributed by atoms with Crippen molar-refractivity contribution in [2.75, 3.05) is 125 Å². The molecule has 0 spiro atoms. The molecule has 1 amide bonds. The maximum atomic E-state index is 11.9. The third-order valence-corrected chi connectivity index (χ3v) is 11.0. The Morgan fingerprint density at radius 2 is 1.11 bits per heavy atom. The summed E-state index contributed by atoms with van der Waals surface area (Å²) in [6.45, 7) is 19.3. The van der Waals surface area contributed by atoms with Crippen molar-refractivity contribution in [3.63, 3.8) is 0 Å². The van der Waals surface area contributed by atoms with Crippen molar-refractivity contribution in [3.05, 3.63) is 29.8 Å². The van der Waals surface area contributed by atoms with Gasteiger partial charge in [0.1, 0.15) is 0 Å². The standard InChI is InChI=1S/C34H68B5N9O7/c1-36(50)45-22-18-43-15-12-33(55-35-40)11-14-42(13-6-30-54-32-9-7-31(8-10-32)34(49)41-5)16-17-44(20-24-47(28-26-45)38(3)52)21-25-48(39(4)53)29-27-46(23-19-43)37(2)51/h7-10,33,40,50-53H,6,11-30H2,1-5H3,(H,41,49). The van der Waals surface area contributed by atoms with Crippen LogP contribution in [-0.2, 0) is 4.65 Å². The van der Waals surface area contributed by atoms with E-state index in [2.05, 4.69) is 29.6 Å². The van der Waals surface area contributed by atoms with E-state index in [-0.39, 0.29) is 12.0 Å². The number of amides is 1. The number of nitrogens with zero attached hydrogens (tertiary/aromatic N) is 7. The quantitative estimate of drug-likeness (QED) is 0.112. The Balaban J connectivity index is 1.88. The molecule has 0 aromatic heterocycles. The van der Waals surface area contributed by atoms with Crippen LogP contribution in [0.15, 0.2) is 24.3 Å². The van der Waals surface area contributed by atoms with Gasteiger partial charge in [-0.15, -0.1) is 0 Å². The van der Waals surface area contributed by atoms with Gasteiger partial charge in [0.25, 0.3) is 5.91 Å². The van der Waals surface area contributed by atoms with Crippen LogP contribution >= 0.6 is 0 Å². The first kappa shape index (κ1) is 47.4. The molecule has 3 saturated heterocycles. The van der Waals surface area contributed by atoms with Gasteiger partial charge < -0.3 is 15.4 Å². The van der Waals surface area contributed by atoms with Crippen LogP contribution in [0, 0.1) is 5.31 Å². The van der Waals surface area contributed by atoms with Gasteiger partial charge >= 0.3 is 281 Å². The maximum absolute atomic E-state index is 11.9. The normalized spacial score (nSPS) is 23.3. The number of ether oxygens (including phenoxy) is 1. The number of carbonyl (C=O) groups excluding carboxylic acids is 1. The number of fused-ring (bicyclic) bond motifs is 21. The van der Waals surface area contributed by atoms with Crippen LogP contribution in [-0.4, -0.2) is 226 Å². The first-order valence-corrected chi connectivity index (χ1v) is 20.3. The number of nitrogens with one attached hydrogen (secondary N) is 2. The zero-order valence-corrected chi connectivity index (χ0v) is 34.3. The topological polar surface area (TPSA) is 175 Å². The Morgan fingerprint density at radius 1 is 0.691 bits per heavy atom. The summed E-state index contributed by atoms with van der Waals surface area (Å²) in [7, 11) is 0.0754. The van der Waals surface area contributed by atoms with Crippen LogP contribution in [0.3, 0.4) is 0 Å². The summed E-state index contributed by atoms with van der Waals surface area (Å²) < 4.78 is 11.9. The minimum absolute atomic E-state index is 0.135. The van der Waals surface area contributed by atoms with Gasteiger partial charge in [0, 0.05) is 12.6 Å². The third-order valence-electron chi connectivity index (χ3n) is 11.0. The average Bonchev–Trinajstić information content (AvgIpc) is 3.15. The van der Waals surface area contributed by atoms with E-state index >= 15 is 0 Å². The first-order chi connectivity index (χ1) is 26.4. The Kier molecular flexibility index (Phi) is 22.4. The van der Waals surface area contributed by atoms with E-state index in [1.54, 1.807) is 46.5 Å². The average molecular weight is 769 g/mol. The van der Waals surface area contributed by atoms with E-state index in [9.17, 15) is 24.9 Å². The summed E-state index contributed by atoms with van der Waals surface area (Å²) in [6, 6.07) is 7.15. The Labute approximate surface area is 332 Å².